The van der Waals surface area contributed by atoms with Gasteiger partial charge in [-0.15, -0.1) is 0 Å². The molecule has 0 aliphatic carbocycles. The number of ether oxygens (including phenoxy) is 2. The maximum atomic E-state index is 12.8. The molecule has 2 fully saturated rings. The average molecular weight is 775 g/mol. The quantitative estimate of drug-likeness (QED) is 0.216. The number of carbonyl (C=O) groups is 4. The van der Waals surface area contributed by atoms with E-state index in [0.29, 0.717) is 12.8 Å². The van der Waals surface area contributed by atoms with Crippen molar-refractivity contribution >= 4 is 96.4 Å². The predicted octanol–water partition coefficient (Wildman–Crippen LogP) is 4.56. The standard InChI is InChI=1S/C17H20BBrO6.C12H15BBrNO2.2H2S/c1-17(2)24-15(21)13(16(22)25-17)14(20)11(9-18(3)23)8-10-4-6-12(19)7-5-10;1-13(17)15-11(6-7-12(15)16)8-9-2-4-10(14)5-3-9;;/h4-7,11,13,23H,8-9H2,1-3H3;2-5,11,17H,6-8H2,1H3;2*1H2/t2*11-;;/m00../s1. The van der Waals surface area contributed by atoms with Crippen LogP contribution in [0.3, 0.4) is 0 Å². The summed E-state index contributed by atoms with van der Waals surface area (Å²) < 4.78 is 12.0. The van der Waals surface area contributed by atoms with Crippen LogP contribution >= 0.6 is 58.9 Å². The molecular formula is C29H39B2Br2NO8S2. The highest BCUT2D eigenvalue weighted by molar-refractivity contribution is 9.10. The van der Waals surface area contributed by atoms with E-state index in [1.807, 2.05) is 48.5 Å². The Hall–Kier alpha value is -1.77. The number of hydrogen-bond donors (Lipinski definition) is 2. The van der Waals surface area contributed by atoms with Crippen molar-refractivity contribution in [2.45, 2.75) is 71.3 Å². The van der Waals surface area contributed by atoms with Crippen LogP contribution < -0.4 is 0 Å². The minimum atomic E-state index is -1.60. The Morgan fingerprint density at radius 3 is 1.86 bits per heavy atom. The largest absolute Gasteiger partial charge is 0.451 e. The summed E-state index contributed by atoms with van der Waals surface area (Å²) in [5.74, 6) is -6.03. The van der Waals surface area contributed by atoms with Gasteiger partial charge in [0.15, 0.2) is 5.78 Å². The zero-order valence-electron chi connectivity index (χ0n) is 25.1. The Bertz CT molecular complexity index is 1260. The van der Waals surface area contributed by atoms with E-state index in [9.17, 15) is 29.2 Å². The van der Waals surface area contributed by atoms with E-state index < -0.39 is 49.3 Å². The fourth-order valence-corrected chi connectivity index (χ4v) is 5.70. The lowest BCUT2D eigenvalue weighted by Crippen LogP contribution is -2.50. The lowest BCUT2D eigenvalue weighted by atomic mass is 9.61. The maximum absolute atomic E-state index is 12.8. The summed E-state index contributed by atoms with van der Waals surface area (Å²) in [6.45, 7) is 5.31. The molecule has 2 saturated heterocycles. The van der Waals surface area contributed by atoms with Crippen LogP contribution in [0.1, 0.15) is 37.8 Å². The maximum Gasteiger partial charge on any atom is 0.411 e. The number of halogens is 2. The molecule has 2 atom stereocenters. The van der Waals surface area contributed by atoms with Crippen LogP contribution in [0.2, 0.25) is 20.0 Å². The number of hydrogen-bond acceptors (Lipinski definition) is 8. The number of benzene rings is 2. The van der Waals surface area contributed by atoms with Gasteiger partial charge in [0.1, 0.15) is 0 Å². The number of rotatable bonds is 9. The summed E-state index contributed by atoms with van der Waals surface area (Å²) in [5.41, 5.74) is 2.05. The zero-order valence-corrected chi connectivity index (χ0v) is 30.3. The van der Waals surface area contributed by atoms with Gasteiger partial charge in [0.25, 0.3) is 12.7 Å². The summed E-state index contributed by atoms with van der Waals surface area (Å²) >= 11 is 6.74. The number of ketones is 1. The first kappa shape index (κ1) is 40.3. The van der Waals surface area contributed by atoms with Crippen LogP contribution in [0.4, 0.5) is 0 Å². The highest BCUT2D eigenvalue weighted by Crippen LogP contribution is 2.29. The topological polar surface area (TPSA) is 130 Å². The molecule has 0 aromatic heterocycles. The molecule has 2 N–H and O–H groups in total. The Labute approximate surface area is 290 Å². The molecule has 9 nitrogen and oxygen atoms in total. The third kappa shape index (κ3) is 11.5. The number of nitrogens with zero attached hydrogens (tertiary/aromatic N) is 1. The van der Waals surface area contributed by atoms with Crippen LogP contribution in [0.5, 0.6) is 0 Å². The zero-order chi connectivity index (χ0) is 31.2. The number of esters is 2. The molecule has 0 spiro atoms. The number of carbonyl (C=O) groups excluding carboxylic acids is 4. The van der Waals surface area contributed by atoms with E-state index in [2.05, 4.69) is 31.9 Å². The second-order valence-corrected chi connectivity index (χ2v) is 13.0. The molecule has 2 heterocycles. The highest BCUT2D eigenvalue weighted by atomic mass is 79.9. The summed E-state index contributed by atoms with van der Waals surface area (Å²) in [6.07, 6.45) is 2.63. The van der Waals surface area contributed by atoms with Gasteiger partial charge in [-0.05, 0) is 67.8 Å². The van der Waals surface area contributed by atoms with Crippen molar-refractivity contribution in [2.24, 2.45) is 11.8 Å². The van der Waals surface area contributed by atoms with Gasteiger partial charge in [-0.25, -0.2) is 0 Å². The van der Waals surface area contributed by atoms with Crippen molar-refractivity contribution in [1.29, 1.82) is 0 Å². The number of cyclic esters (lactones) is 2. The second-order valence-electron chi connectivity index (χ2n) is 11.1. The van der Waals surface area contributed by atoms with Gasteiger partial charge in [0.2, 0.25) is 11.8 Å². The highest BCUT2D eigenvalue weighted by Gasteiger charge is 2.49. The van der Waals surface area contributed by atoms with Crippen molar-refractivity contribution in [2.75, 3.05) is 0 Å². The van der Waals surface area contributed by atoms with Crippen LogP contribution in [0.15, 0.2) is 57.5 Å². The van der Waals surface area contributed by atoms with Gasteiger partial charge in [0, 0.05) is 41.2 Å². The van der Waals surface area contributed by atoms with Crippen molar-refractivity contribution in [3.63, 3.8) is 0 Å². The second kappa shape index (κ2) is 17.8. The molecule has 2 aliphatic heterocycles. The molecular weight excluding hydrogens is 736 g/mol. The van der Waals surface area contributed by atoms with Gasteiger partial charge in [0.05, 0.1) is 0 Å². The molecule has 0 radical (unpaired) electrons. The summed E-state index contributed by atoms with van der Waals surface area (Å²) in [5, 5.41) is 19.3. The molecule has 2 aromatic rings. The Balaban J connectivity index is 0.000000448. The first-order valence-electron chi connectivity index (χ1n) is 13.8. The predicted molar refractivity (Wildman–Crippen MR) is 187 cm³/mol. The molecule has 44 heavy (non-hydrogen) atoms. The summed E-state index contributed by atoms with van der Waals surface area (Å²) in [6, 6.07) is 15.6. The molecule has 0 bridgehead atoms. The first-order chi connectivity index (χ1) is 19.7. The lowest BCUT2D eigenvalue weighted by Gasteiger charge is -2.33. The fourth-order valence-electron chi connectivity index (χ4n) is 5.17. The van der Waals surface area contributed by atoms with E-state index in [1.54, 1.807) is 18.5 Å². The summed E-state index contributed by atoms with van der Waals surface area (Å²) in [7, 11) is -0.689. The van der Waals surface area contributed by atoms with E-state index >= 15 is 0 Å². The molecule has 4 rings (SSSR count). The van der Waals surface area contributed by atoms with E-state index in [1.165, 1.54) is 19.4 Å². The molecule has 0 saturated carbocycles. The van der Waals surface area contributed by atoms with Gasteiger partial charge in [-0.2, -0.15) is 27.0 Å². The lowest BCUT2D eigenvalue weighted by molar-refractivity contribution is -0.238. The molecule has 1 amide bonds. The van der Waals surface area contributed by atoms with Crippen molar-refractivity contribution in [3.8, 4) is 0 Å². The smallest absolute Gasteiger partial charge is 0.411 e. The van der Waals surface area contributed by atoms with Gasteiger partial charge in [-0.1, -0.05) is 62.9 Å². The van der Waals surface area contributed by atoms with Crippen LogP contribution in [-0.2, 0) is 41.5 Å². The average Bonchev–Trinajstić information content (AvgIpc) is 3.25. The van der Waals surface area contributed by atoms with Gasteiger partial charge < -0.3 is 24.3 Å². The van der Waals surface area contributed by atoms with Crippen molar-refractivity contribution in [1.82, 2.24) is 4.81 Å². The van der Waals surface area contributed by atoms with Gasteiger partial charge in [-0.3, -0.25) is 19.2 Å². The van der Waals surface area contributed by atoms with Crippen LogP contribution in [0, 0.1) is 11.8 Å². The van der Waals surface area contributed by atoms with E-state index in [0.717, 1.165) is 27.4 Å². The minimum absolute atomic E-state index is 0. The Morgan fingerprint density at radius 2 is 1.41 bits per heavy atom. The molecule has 15 heteroatoms. The SMILES string of the molecule is CB(O)C[C@H](Cc1ccc(Br)cc1)C(=O)C1C(=O)OC(C)(C)OC1=O.CB(O)N1C(=O)CC[C@H]1Cc1ccc(Br)cc1.S.S. The number of amides is 1. The normalized spacial score (nSPS) is 18.0. The monoisotopic (exact) mass is 773 g/mol. The van der Waals surface area contributed by atoms with Crippen LogP contribution in [0.25, 0.3) is 0 Å². The molecule has 2 aromatic carbocycles. The van der Waals surface area contributed by atoms with E-state index in [-0.39, 0.29) is 45.3 Å². The Morgan fingerprint density at radius 1 is 0.932 bits per heavy atom. The molecule has 2 aliphatic rings. The van der Waals surface area contributed by atoms with Crippen molar-refractivity contribution in [3.05, 3.63) is 68.6 Å². The first-order valence-corrected chi connectivity index (χ1v) is 15.4. The van der Waals surface area contributed by atoms with Crippen molar-refractivity contribution < 1.29 is 38.7 Å². The minimum Gasteiger partial charge on any atom is -0.451 e. The third-order valence-electron chi connectivity index (χ3n) is 7.03. The van der Waals surface area contributed by atoms with Crippen LogP contribution in [-0.4, -0.2) is 64.3 Å². The number of Topliss-reactive ketones (excluding diaryl/α,β-unsaturated/α-hetero) is 1. The molecule has 0 unspecified atom stereocenters. The van der Waals surface area contributed by atoms with Gasteiger partial charge >= 0.3 is 19.0 Å². The summed E-state index contributed by atoms with van der Waals surface area (Å²) in [4.78, 5) is 50.3. The fraction of sp³-hybridized carbons (Fsp3) is 0.448. The molecule has 240 valence electrons. The Kier molecular flexibility index (Phi) is 16.3. The third-order valence-corrected chi connectivity index (χ3v) is 8.09. The van der Waals surface area contributed by atoms with E-state index in [4.69, 9.17) is 9.47 Å².